The van der Waals surface area contributed by atoms with Gasteiger partial charge in [-0.1, -0.05) is 25.9 Å². The summed E-state index contributed by atoms with van der Waals surface area (Å²) in [5, 5.41) is 12.1. The van der Waals surface area contributed by atoms with E-state index in [-0.39, 0.29) is 24.8 Å². The second kappa shape index (κ2) is 6.27. The number of hydrogen-bond donors (Lipinski definition) is 1. The third-order valence-electron chi connectivity index (χ3n) is 2.61. The summed E-state index contributed by atoms with van der Waals surface area (Å²) in [6.07, 6.45) is 0.0678. The van der Waals surface area contributed by atoms with Crippen molar-refractivity contribution < 1.29 is 9.90 Å². The minimum atomic E-state index is -0.837. The summed E-state index contributed by atoms with van der Waals surface area (Å²) in [5.74, 6) is -0.260. The number of carbonyl (C=O) groups is 1. The average Bonchev–Trinajstić information content (AvgIpc) is 2.10. The smallest absolute Gasteiger partial charge is 0.303 e. The third kappa shape index (κ3) is 4.72. The van der Waals surface area contributed by atoms with Crippen LogP contribution in [0.15, 0.2) is 5.11 Å². The van der Waals surface area contributed by atoms with E-state index in [1.165, 1.54) is 0 Å². The van der Waals surface area contributed by atoms with E-state index in [1.807, 2.05) is 20.8 Å². The highest BCUT2D eigenvalue weighted by Gasteiger charge is 2.21. The largest absolute Gasteiger partial charge is 0.481 e. The van der Waals surface area contributed by atoms with Crippen molar-refractivity contribution in [3.63, 3.8) is 0 Å². The minimum Gasteiger partial charge on any atom is -0.481 e. The number of hydrogen-bond acceptors (Lipinski definition) is 2. The second-order valence-corrected chi connectivity index (χ2v) is 3.87. The van der Waals surface area contributed by atoms with Gasteiger partial charge in [-0.3, -0.25) is 4.79 Å². The van der Waals surface area contributed by atoms with Gasteiger partial charge in [-0.05, 0) is 23.3 Å². The van der Waals surface area contributed by atoms with Crippen molar-refractivity contribution >= 4 is 5.97 Å². The number of aliphatic carboxylic acids is 1. The zero-order valence-corrected chi connectivity index (χ0v) is 8.84. The first-order valence-electron chi connectivity index (χ1n) is 4.71. The van der Waals surface area contributed by atoms with Crippen molar-refractivity contribution in [2.45, 2.75) is 27.2 Å². The summed E-state index contributed by atoms with van der Waals surface area (Å²) >= 11 is 0. The van der Waals surface area contributed by atoms with Crippen molar-refractivity contribution in [2.75, 3.05) is 6.54 Å². The molecule has 0 heterocycles. The lowest BCUT2D eigenvalue weighted by Gasteiger charge is -2.23. The predicted molar refractivity (Wildman–Crippen MR) is 53.8 cm³/mol. The van der Waals surface area contributed by atoms with Gasteiger partial charge in [0.15, 0.2) is 0 Å². The summed E-state index contributed by atoms with van der Waals surface area (Å²) < 4.78 is 0. The number of carboxylic acids is 1. The minimum absolute atomic E-state index is 0.0663. The van der Waals surface area contributed by atoms with Crippen LogP contribution in [0.3, 0.4) is 0 Å². The highest BCUT2D eigenvalue weighted by atomic mass is 16.4. The molecule has 0 fully saturated rings. The van der Waals surface area contributed by atoms with Gasteiger partial charge in [-0.2, -0.15) is 0 Å². The van der Waals surface area contributed by atoms with E-state index >= 15 is 0 Å². The maximum absolute atomic E-state index is 10.6. The van der Waals surface area contributed by atoms with Gasteiger partial charge >= 0.3 is 5.97 Å². The topological polar surface area (TPSA) is 86.1 Å². The molecule has 0 bridgehead atoms. The van der Waals surface area contributed by atoms with Crippen molar-refractivity contribution in [3.05, 3.63) is 10.4 Å². The van der Waals surface area contributed by atoms with Crippen LogP contribution >= 0.6 is 0 Å². The molecule has 1 N–H and O–H groups in total. The van der Waals surface area contributed by atoms with Gasteiger partial charge in [0.1, 0.15) is 0 Å². The Bertz CT molecular complexity index is 230. The highest BCUT2D eigenvalue weighted by molar-refractivity contribution is 5.67. The number of rotatable bonds is 6. The Labute approximate surface area is 83.7 Å². The van der Waals surface area contributed by atoms with E-state index in [4.69, 9.17) is 10.6 Å². The van der Waals surface area contributed by atoms with E-state index in [0.29, 0.717) is 5.92 Å². The molecule has 0 aromatic carbocycles. The molecule has 5 nitrogen and oxygen atoms in total. The van der Waals surface area contributed by atoms with E-state index in [9.17, 15) is 4.79 Å². The maximum atomic E-state index is 10.6. The number of carboxylic acid groups (broad SMARTS) is 1. The summed E-state index contributed by atoms with van der Waals surface area (Å²) in [5.41, 5.74) is 8.18. The van der Waals surface area contributed by atoms with Crippen LogP contribution in [-0.2, 0) is 4.79 Å². The van der Waals surface area contributed by atoms with Gasteiger partial charge in [0.05, 0.1) is 0 Å². The van der Waals surface area contributed by atoms with Gasteiger partial charge < -0.3 is 5.11 Å². The molecular weight excluding hydrogens is 182 g/mol. The monoisotopic (exact) mass is 199 g/mol. The van der Waals surface area contributed by atoms with Crippen molar-refractivity contribution in [1.29, 1.82) is 0 Å². The molecule has 0 amide bonds. The van der Waals surface area contributed by atoms with Crippen molar-refractivity contribution in [2.24, 2.45) is 22.9 Å². The molecule has 2 atom stereocenters. The highest BCUT2D eigenvalue weighted by Crippen LogP contribution is 2.23. The third-order valence-corrected chi connectivity index (χ3v) is 2.61. The van der Waals surface area contributed by atoms with Crippen LogP contribution in [0, 0.1) is 17.8 Å². The molecule has 0 saturated carbocycles. The quantitative estimate of drug-likeness (QED) is 0.405. The zero-order chi connectivity index (χ0) is 11.1. The molecule has 0 aliphatic carbocycles. The van der Waals surface area contributed by atoms with E-state index in [1.54, 1.807) is 0 Å². The van der Waals surface area contributed by atoms with Crippen molar-refractivity contribution in [1.82, 2.24) is 0 Å². The first-order valence-corrected chi connectivity index (χ1v) is 4.71. The lowest BCUT2D eigenvalue weighted by atomic mass is 9.83. The Morgan fingerprint density at radius 3 is 2.43 bits per heavy atom. The number of azide groups is 1. The zero-order valence-electron chi connectivity index (χ0n) is 8.84. The standard InChI is InChI=1S/C9H17N3O2/c1-6(2)7(3)8(4-9(13)14)5-11-12-10/h6-8H,4-5H2,1-3H3,(H,13,14)/t7-,8+/m1/s1. The molecule has 0 aliphatic rings. The maximum Gasteiger partial charge on any atom is 0.303 e. The van der Waals surface area contributed by atoms with Gasteiger partial charge in [0.2, 0.25) is 0 Å². The Balaban J connectivity index is 4.36. The average molecular weight is 199 g/mol. The first kappa shape index (κ1) is 12.8. The molecule has 0 spiro atoms. The Morgan fingerprint density at radius 1 is 1.50 bits per heavy atom. The number of nitrogens with zero attached hydrogens (tertiary/aromatic N) is 3. The Morgan fingerprint density at radius 2 is 2.07 bits per heavy atom. The van der Waals surface area contributed by atoms with Gasteiger partial charge in [-0.15, -0.1) is 0 Å². The summed E-state index contributed by atoms with van der Waals surface area (Å²) in [4.78, 5) is 13.2. The van der Waals surface area contributed by atoms with Crippen LogP contribution in [0.1, 0.15) is 27.2 Å². The molecule has 80 valence electrons. The fraction of sp³-hybridized carbons (Fsp3) is 0.889. The SMILES string of the molecule is CC(C)[C@@H](C)[C@H](CN=[N+]=[N-])CC(=O)O. The molecule has 0 unspecified atom stereocenters. The lowest BCUT2D eigenvalue weighted by molar-refractivity contribution is -0.138. The predicted octanol–water partition coefficient (Wildman–Crippen LogP) is 2.68. The molecule has 0 aliphatic heterocycles. The van der Waals surface area contributed by atoms with Gasteiger partial charge in [-0.25, -0.2) is 0 Å². The first-order chi connectivity index (χ1) is 6.49. The van der Waals surface area contributed by atoms with Crippen LogP contribution in [0.5, 0.6) is 0 Å². The fourth-order valence-corrected chi connectivity index (χ4v) is 1.33. The van der Waals surface area contributed by atoms with E-state index < -0.39 is 5.97 Å². The second-order valence-electron chi connectivity index (χ2n) is 3.87. The van der Waals surface area contributed by atoms with Gasteiger partial charge in [0, 0.05) is 17.9 Å². The molecule has 14 heavy (non-hydrogen) atoms. The lowest BCUT2D eigenvalue weighted by Crippen LogP contribution is -2.22. The molecule has 0 saturated heterocycles. The van der Waals surface area contributed by atoms with Crippen LogP contribution in [0.25, 0.3) is 10.4 Å². The van der Waals surface area contributed by atoms with E-state index in [2.05, 4.69) is 10.0 Å². The Kier molecular flexibility index (Phi) is 5.72. The summed E-state index contributed by atoms with van der Waals surface area (Å²) in [6.45, 7) is 6.33. The summed E-state index contributed by atoms with van der Waals surface area (Å²) in [7, 11) is 0. The van der Waals surface area contributed by atoms with Crippen LogP contribution in [-0.4, -0.2) is 17.6 Å². The van der Waals surface area contributed by atoms with Crippen molar-refractivity contribution in [3.8, 4) is 0 Å². The molecule has 0 radical (unpaired) electrons. The molecule has 0 aromatic heterocycles. The molecule has 0 rings (SSSR count). The molecule has 0 aromatic rings. The van der Waals surface area contributed by atoms with Crippen LogP contribution in [0.4, 0.5) is 0 Å². The fourth-order valence-electron chi connectivity index (χ4n) is 1.33. The normalized spacial score (nSPS) is 14.6. The summed E-state index contributed by atoms with van der Waals surface area (Å²) in [6, 6.07) is 0. The molecule has 5 heteroatoms. The van der Waals surface area contributed by atoms with Crippen LogP contribution in [0.2, 0.25) is 0 Å². The van der Waals surface area contributed by atoms with Crippen LogP contribution < -0.4 is 0 Å². The molecular formula is C9H17N3O2. The Hall–Kier alpha value is -1.22. The van der Waals surface area contributed by atoms with Gasteiger partial charge in [0.25, 0.3) is 0 Å². The van der Waals surface area contributed by atoms with E-state index in [0.717, 1.165) is 0 Å².